The number of aromatic nitrogens is 1. The van der Waals surface area contributed by atoms with Crippen molar-refractivity contribution in [2.45, 2.75) is 45.9 Å². The second kappa shape index (κ2) is 10.6. The van der Waals surface area contributed by atoms with Gasteiger partial charge in [0.15, 0.2) is 0 Å². The Morgan fingerprint density at radius 2 is 1.94 bits per heavy atom. The molecule has 1 aliphatic heterocycles. The summed E-state index contributed by atoms with van der Waals surface area (Å²) >= 11 is 0. The number of carbonyl (C=O) groups excluding carboxylic acids is 2. The van der Waals surface area contributed by atoms with Gasteiger partial charge in [0, 0.05) is 35.3 Å². The second-order valence-electron chi connectivity index (χ2n) is 9.96. The summed E-state index contributed by atoms with van der Waals surface area (Å²) in [6.07, 6.45) is -0.547. The summed E-state index contributed by atoms with van der Waals surface area (Å²) in [4.78, 5) is 30.0. The van der Waals surface area contributed by atoms with E-state index in [2.05, 4.69) is 15.6 Å². The molecule has 0 spiro atoms. The van der Waals surface area contributed by atoms with E-state index < -0.39 is 23.5 Å². The molecule has 1 saturated heterocycles. The molecule has 3 aromatic rings. The van der Waals surface area contributed by atoms with Crippen LogP contribution in [0.5, 0.6) is 5.75 Å². The molecule has 5 N–H and O–H groups in total. The molecule has 0 bridgehead atoms. The molecule has 36 heavy (non-hydrogen) atoms. The minimum atomic E-state index is -1.26. The third-order valence-electron chi connectivity index (χ3n) is 6.88. The smallest absolute Gasteiger partial charge is 0.251 e. The maximum absolute atomic E-state index is 13.0. The summed E-state index contributed by atoms with van der Waals surface area (Å²) in [7, 11) is 0. The van der Waals surface area contributed by atoms with E-state index in [9.17, 15) is 14.7 Å². The lowest BCUT2D eigenvalue weighted by Gasteiger charge is -2.37. The predicted molar refractivity (Wildman–Crippen MR) is 138 cm³/mol. The van der Waals surface area contributed by atoms with E-state index in [4.69, 9.17) is 10.5 Å². The number of aryl methyl sites for hydroxylation is 1. The maximum Gasteiger partial charge on any atom is 0.251 e. The Balaban J connectivity index is 1.44. The number of rotatable bonds is 9. The van der Waals surface area contributed by atoms with E-state index in [1.54, 1.807) is 24.3 Å². The zero-order chi connectivity index (χ0) is 25.9. The summed E-state index contributed by atoms with van der Waals surface area (Å²) < 4.78 is 5.99. The number of nitrogens with zero attached hydrogens (tertiary/aromatic N) is 1. The Hall–Kier alpha value is -3.49. The summed E-state index contributed by atoms with van der Waals surface area (Å²) in [5.41, 5.74) is 7.81. The van der Waals surface area contributed by atoms with Gasteiger partial charge in [-0.1, -0.05) is 32.0 Å². The fourth-order valence-electron chi connectivity index (χ4n) is 4.96. The summed E-state index contributed by atoms with van der Waals surface area (Å²) in [6.45, 7) is 6.84. The van der Waals surface area contributed by atoms with E-state index in [1.807, 2.05) is 51.1 Å². The molecule has 3 atom stereocenters. The lowest BCUT2D eigenvalue weighted by molar-refractivity contribution is -0.135. The van der Waals surface area contributed by atoms with Crippen molar-refractivity contribution in [1.29, 1.82) is 0 Å². The third-order valence-corrected chi connectivity index (χ3v) is 6.88. The fraction of sp³-hybridized carbons (Fsp3) is 0.393. The number of benzene rings is 2. The summed E-state index contributed by atoms with van der Waals surface area (Å²) in [5, 5.41) is 17.9. The van der Waals surface area contributed by atoms with Crippen molar-refractivity contribution in [3.05, 3.63) is 71.4 Å². The monoisotopic (exact) mass is 490 g/mol. The van der Waals surface area contributed by atoms with Gasteiger partial charge in [0.1, 0.15) is 17.8 Å². The Labute approximate surface area is 211 Å². The number of carbonyl (C=O) groups is 2. The van der Waals surface area contributed by atoms with Crippen molar-refractivity contribution in [3.63, 3.8) is 0 Å². The number of aliphatic hydroxyl groups excluding tert-OH is 1. The van der Waals surface area contributed by atoms with Gasteiger partial charge in [-0.2, -0.15) is 0 Å². The van der Waals surface area contributed by atoms with Crippen molar-refractivity contribution in [3.8, 4) is 5.75 Å². The van der Waals surface area contributed by atoms with Crippen LogP contribution < -0.4 is 21.1 Å². The molecule has 1 aromatic heterocycles. The average Bonchev–Trinajstić information content (AvgIpc) is 3.27. The third kappa shape index (κ3) is 5.20. The van der Waals surface area contributed by atoms with Crippen molar-refractivity contribution >= 4 is 22.7 Å². The van der Waals surface area contributed by atoms with Crippen LogP contribution in [0.2, 0.25) is 0 Å². The SMILES string of the molecule is Cc1cc(COc2ccc(C(=O)NC3CNCC3(C(N)=O)C(O)CC(C)C)cc2)c2ccccc2n1. The number of amides is 2. The van der Waals surface area contributed by atoms with Gasteiger partial charge in [-0.3, -0.25) is 14.6 Å². The highest BCUT2D eigenvalue weighted by Gasteiger charge is 2.53. The van der Waals surface area contributed by atoms with Gasteiger partial charge < -0.3 is 26.2 Å². The molecule has 4 rings (SSSR count). The molecule has 0 aliphatic carbocycles. The highest BCUT2D eigenvalue weighted by atomic mass is 16.5. The van der Waals surface area contributed by atoms with E-state index >= 15 is 0 Å². The Bertz CT molecular complexity index is 1240. The first kappa shape index (κ1) is 25.6. The van der Waals surface area contributed by atoms with Crippen LogP contribution in [0.4, 0.5) is 0 Å². The maximum atomic E-state index is 13.0. The first-order valence-corrected chi connectivity index (χ1v) is 12.3. The molecule has 8 heteroatoms. The van der Waals surface area contributed by atoms with E-state index in [1.165, 1.54) is 0 Å². The molecule has 0 saturated carbocycles. The number of fused-ring (bicyclic) bond motifs is 1. The van der Waals surface area contributed by atoms with Crippen molar-refractivity contribution in [2.75, 3.05) is 13.1 Å². The summed E-state index contributed by atoms with van der Waals surface area (Å²) in [5.74, 6) is -0.150. The van der Waals surface area contributed by atoms with Gasteiger partial charge in [0.25, 0.3) is 5.91 Å². The molecule has 3 unspecified atom stereocenters. The molecular formula is C28H34N4O4. The van der Waals surface area contributed by atoms with Gasteiger partial charge in [-0.25, -0.2) is 0 Å². The molecule has 190 valence electrons. The number of ether oxygens (including phenoxy) is 1. The first-order valence-electron chi connectivity index (χ1n) is 12.3. The number of pyridine rings is 1. The van der Waals surface area contributed by atoms with Crippen LogP contribution in [0.1, 0.15) is 41.9 Å². The van der Waals surface area contributed by atoms with Gasteiger partial charge >= 0.3 is 0 Å². The molecule has 8 nitrogen and oxygen atoms in total. The van der Waals surface area contributed by atoms with E-state index in [0.29, 0.717) is 30.9 Å². The number of para-hydroxylation sites is 1. The van der Waals surface area contributed by atoms with Gasteiger partial charge in [-0.05, 0) is 55.7 Å². The molecular weight excluding hydrogens is 456 g/mol. The highest BCUT2D eigenvalue weighted by Crippen LogP contribution is 2.33. The zero-order valence-electron chi connectivity index (χ0n) is 21.0. The Morgan fingerprint density at radius 3 is 2.64 bits per heavy atom. The minimum absolute atomic E-state index is 0.176. The van der Waals surface area contributed by atoms with Crippen LogP contribution in [0, 0.1) is 18.3 Å². The fourth-order valence-corrected chi connectivity index (χ4v) is 4.96. The lowest BCUT2D eigenvalue weighted by atomic mass is 9.74. The Morgan fingerprint density at radius 1 is 1.22 bits per heavy atom. The molecule has 2 heterocycles. The number of aliphatic hydroxyl groups is 1. The minimum Gasteiger partial charge on any atom is -0.489 e. The topological polar surface area (TPSA) is 127 Å². The van der Waals surface area contributed by atoms with Gasteiger partial charge in [0.05, 0.1) is 17.7 Å². The molecule has 1 fully saturated rings. The van der Waals surface area contributed by atoms with Crippen LogP contribution in [0.3, 0.4) is 0 Å². The van der Waals surface area contributed by atoms with Crippen molar-refractivity contribution in [1.82, 2.24) is 15.6 Å². The van der Waals surface area contributed by atoms with E-state index in [0.717, 1.165) is 22.2 Å². The molecule has 1 aliphatic rings. The first-order chi connectivity index (χ1) is 17.2. The molecule has 2 aromatic carbocycles. The quantitative estimate of drug-likeness (QED) is 0.365. The number of nitrogens with two attached hydrogens (primary N) is 1. The normalized spacial score (nSPS) is 20.4. The van der Waals surface area contributed by atoms with Crippen LogP contribution in [0.15, 0.2) is 54.6 Å². The standard InChI is InChI=1S/C28H34N4O4/c1-17(2)12-25(33)28(27(29)35)16-30-14-24(28)32-26(34)19-8-10-21(11-9-19)36-15-20-13-18(3)31-23-7-5-4-6-22(20)23/h4-11,13,17,24-25,30,33H,12,14-16H2,1-3H3,(H2,29,35)(H,32,34). The number of hydrogen-bond acceptors (Lipinski definition) is 6. The van der Waals surface area contributed by atoms with Crippen LogP contribution >= 0.6 is 0 Å². The van der Waals surface area contributed by atoms with Crippen molar-refractivity contribution < 1.29 is 19.4 Å². The predicted octanol–water partition coefficient (Wildman–Crippen LogP) is 2.70. The number of primary amides is 1. The van der Waals surface area contributed by atoms with Gasteiger partial charge in [0.2, 0.25) is 5.91 Å². The lowest BCUT2D eigenvalue weighted by Crippen LogP contribution is -2.60. The molecule has 2 amide bonds. The van der Waals surface area contributed by atoms with Crippen LogP contribution in [-0.4, -0.2) is 47.1 Å². The second-order valence-corrected chi connectivity index (χ2v) is 9.96. The van der Waals surface area contributed by atoms with E-state index in [-0.39, 0.29) is 18.4 Å². The highest BCUT2D eigenvalue weighted by molar-refractivity contribution is 5.95. The zero-order valence-corrected chi connectivity index (χ0v) is 21.0. The number of nitrogens with one attached hydrogen (secondary N) is 2. The number of hydrogen-bond donors (Lipinski definition) is 4. The average molecular weight is 491 g/mol. The van der Waals surface area contributed by atoms with Crippen LogP contribution in [0.25, 0.3) is 10.9 Å². The van der Waals surface area contributed by atoms with Crippen LogP contribution in [-0.2, 0) is 11.4 Å². The van der Waals surface area contributed by atoms with Gasteiger partial charge in [-0.15, -0.1) is 0 Å². The largest absolute Gasteiger partial charge is 0.489 e. The summed E-state index contributed by atoms with van der Waals surface area (Å²) in [6, 6.07) is 16.2. The van der Waals surface area contributed by atoms with Crippen molar-refractivity contribution in [2.24, 2.45) is 17.1 Å². The molecule has 0 radical (unpaired) electrons. The Kier molecular flexibility index (Phi) is 7.56.